The number of anilines is 3. The molecule has 0 spiro atoms. The van der Waals surface area contributed by atoms with Crippen LogP contribution in [0.15, 0.2) is 200 Å². The highest BCUT2D eigenvalue weighted by atomic mass is 15.1. The van der Waals surface area contributed by atoms with Gasteiger partial charge in [-0.2, -0.15) is 0 Å². The summed E-state index contributed by atoms with van der Waals surface area (Å²) in [6.07, 6.45) is 1.89. The topological polar surface area (TPSA) is 3.24 Å². The van der Waals surface area contributed by atoms with Crippen LogP contribution in [0.25, 0.3) is 55.6 Å². The summed E-state index contributed by atoms with van der Waals surface area (Å²) in [5.41, 5.74) is 18.5. The van der Waals surface area contributed by atoms with E-state index in [2.05, 4.69) is 219 Å². The van der Waals surface area contributed by atoms with E-state index in [1.54, 1.807) is 0 Å². The maximum Gasteiger partial charge on any atom is 0.0540 e. The lowest BCUT2D eigenvalue weighted by Gasteiger charge is -2.29. The Morgan fingerprint density at radius 1 is 0.302 bits per heavy atom. The van der Waals surface area contributed by atoms with Crippen LogP contribution in [-0.4, -0.2) is 0 Å². The third-order valence-electron chi connectivity index (χ3n) is 10.3. The first kappa shape index (κ1) is 33.7. The number of hydrogen-bond acceptors (Lipinski definition) is 1. The van der Waals surface area contributed by atoms with Crippen LogP contribution < -0.4 is 4.90 Å². The minimum Gasteiger partial charge on any atom is -0.310 e. The van der Waals surface area contributed by atoms with E-state index >= 15 is 0 Å². The number of nitrogens with zero attached hydrogens (tertiary/aromatic N) is 1. The molecule has 0 saturated heterocycles. The zero-order valence-electron chi connectivity index (χ0n) is 30.4. The molecule has 0 aliphatic rings. The van der Waals surface area contributed by atoms with E-state index in [1.165, 1.54) is 66.8 Å². The summed E-state index contributed by atoms with van der Waals surface area (Å²) in [6, 6.07) is 72.6. The molecule has 8 aromatic carbocycles. The lowest BCUT2D eigenvalue weighted by Crippen LogP contribution is -2.12. The van der Waals surface area contributed by atoms with Gasteiger partial charge in [0.2, 0.25) is 0 Å². The predicted molar refractivity (Wildman–Crippen MR) is 227 cm³/mol. The molecule has 1 nitrogen and oxygen atoms in total. The fourth-order valence-corrected chi connectivity index (χ4v) is 7.48. The molecule has 0 aromatic heterocycles. The third-order valence-corrected chi connectivity index (χ3v) is 10.3. The summed E-state index contributed by atoms with van der Waals surface area (Å²) in [5.74, 6) is 0. The second kappa shape index (κ2) is 15.4. The van der Waals surface area contributed by atoms with Gasteiger partial charge in [-0.25, -0.2) is 0 Å². The van der Waals surface area contributed by atoms with Crippen molar-refractivity contribution in [2.75, 3.05) is 4.90 Å². The highest BCUT2D eigenvalue weighted by molar-refractivity contribution is 5.89. The van der Waals surface area contributed by atoms with Crippen LogP contribution in [0.1, 0.15) is 25.0 Å². The standard InChI is InChI=1S/C52H43N/c1-3-38-36-46(44-26-24-42(25-27-44)40-16-8-5-9-17-40)30-34-49(38)50-35-33-48(37-39(50)4-2)53(47-31-28-43(29-32-47)41-18-10-6-11-19-41)52-23-15-14-22-51(52)45-20-12-7-13-21-45/h5-37H,3-4H2,1-2H3. The van der Waals surface area contributed by atoms with Crippen LogP contribution in [0.2, 0.25) is 0 Å². The zero-order chi connectivity index (χ0) is 36.0. The Morgan fingerprint density at radius 2 is 0.698 bits per heavy atom. The average Bonchev–Trinajstić information content (AvgIpc) is 3.25. The maximum atomic E-state index is 2.42. The normalized spacial score (nSPS) is 11.0. The van der Waals surface area contributed by atoms with Crippen LogP contribution in [0.3, 0.4) is 0 Å². The van der Waals surface area contributed by atoms with Gasteiger partial charge in [0.15, 0.2) is 0 Å². The smallest absolute Gasteiger partial charge is 0.0540 e. The Kier molecular flexibility index (Phi) is 9.81. The van der Waals surface area contributed by atoms with Gasteiger partial charge in [-0.05, 0) is 104 Å². The largest absolute Gasteiger partial charge is 0.310 e. The lowest BCUT2D eigenvalue weighted by molar-refractivity contribution is 1.11. The Bertz CT molecular complexity index is 2430. The number of para-hydroxylation sites is 1. The molecular formula is C52H43N. The molecule has 0 saturated carbocycles. The summed E-state index contributed by atoms with van der Waals surface area (Å²) in [6.45, 7) is 4.54. The molecule has 53 heavy (non-hydrogen) atoms. The molecule has 0 fully saturated rings. The summed E-state index contributed by atoms with van der Waals surface area (Å²) in [5, 5.41) is 0. The van der Waals surface area contributed by atoms with Gasteiger partial charge in [0, 0.05) is 16.9 Å². The Balaban J connectivity index is 1.19. The fraction of sp³-hybridized carbons (Fsp3) is 0.0769. The molecule has 0 unspecified atom stereocenters. The summed E-state index contributed by atoms with van der Waals surface area (Å²) in [7, 11) is 0. The molecule has 8 rings (SSSR count). The predicted octanol–water partition coefficient (Wildman–Crippen LogP) is 14.6. The first-order valence-corrected chi connectivity index (χ1v) is 18.7. The van der Waals surface area contributed by atoms with Crippen molar-refractivity contribution in [1.29, 1.82) is 0 Å². The van der Waals surface area contributed by atoms with Crippen molar-refractivity contribution in [3.8, 4) is 55.6 Å². The molecule has 0 amide bonds. The quantitative estimate of drug-likeness (QED) is 0.139. The highest BCUT2D eigenvalue weighted by Crippen LogP contribution is 2.43. The Morgan fingerprint density at radius 3 is 1.26 bits per heavy atom. The van der Waals surface area contributed by atoms with E-state index in [0.29, 0.717) is 0 Å². The zero-order valence-corrected chi connectivity index (χ0v) is 30.4. The second-order valence-corrected chi connectivity index (χ2v) is 13.5. The van der Waals surface area contributed by atoms with Gasteiger partial charge in [0.1, 0.15) is 0 Å². The molecule has 0 aliphatic carbocycles. The van der Waals surface area contributed by atoms with Gasteiger partial charge in [-0.15, -0.1) is 0 Å². The van der Waals surface area contributed by atoms with E-state index in [4.69, 9.17) is 0 Å². The Hall–Kier alpha value is -6.44. The van der Waals surface area contributed by atoms with E-state index in [1.807, 2.05) is 0 Å². The molecule has 256 valence electrons. The second-order valence-electron chi connectivity index (χ2n) is 13.5. The summed E-state index contributed by atoms with van der Waals surface area (Å²) in [4.78, 5) is 2.42. The summed E-state index contributed by atoms with van der Waals surface area (Å²) < 4.78 is 0. The first-order valence-electron chi connectivity index (χ1n) is 18.7. The lowest BCUT2D eigenvalue weighted by atomic mass is 9.90. The van der Waals surface area contributed by atoms with Crippen LogP contribution in [0.5, 0.6) is 0 Å². The SMILES string of the molecule is CCc1cc(-c2ccc(-c3ccccc3)cc2)ccc1-c1ccc(N(c2ccc(-c3ccccc3)cc2)c2ccccc2-c2ccccc2)cc1CC. The van der Waals surface area contributed by atoms with Crippen LogP contribution in [0.4, 0.5) is 17.1 Å². The third kappa shape index (κ3) is 7.07. The van der Waals surface area contributed by atoms with Crippen molar-refractivity contribution in [2.24, 2.45) is 0 Å². The van der Waals surface area contributed by atoms with Crippen molar-refractivity contribution in [3.05, 3.63) is 211 Å². The maximum absolute atomic E-state index is 2.42. The molecule has 0 N–H and O–H groups in total. The molecule has 8 aromatic rings. The van der Waals surface area contributed by atoms with Gasteiger partial charge in [-0.3, -0.25) is 0 Å². The van der Waals surface area contributed by atoms with Gasteiger partial charge in [0.05, 0.1) is 5.69 Å². The fourth-order valence-electron chi connectivity index (χ4n) is 7.48. The number of aryl methyl sites for hydroxylation is 2. The molecular weight excluding hydrogens is 639 g/mol. The summed E-state index contributed by atoms with van der Waals surface area (Å²) >= 11 is 0. The number of benzene rings is 8. The van der Waals surface area contributed by atoms with Gasteiger partial charge < -0.3 is 4.90 Å². The molecule has 0 radical (unpaired) electrons. The van der Waals surface area contributed by atoms with Crippen LogP contribution in [0, 0.1) is 0 Å². The van der Waals surface area contributed by atoms with Crippen LogP contribution in [-0.2, 0) is 12.8 Å². The van der Waals surface area contributed by atoms with E-state index in [0.717, 1.165) is 29.9 Å². The van der Waals surface area contributed by atoms with Crippen molar-refractivity contribution in [3.63, 3.8) is 0 Å². The van der Waals surface area contributed by atoms with Crippen molar-refractivity contribution in [2.45, 2.75) is 26.7 Å². The van der Waals surface area contributed by atoms with Gasteiger partial charge in [-0.1, -0.05) is 184 Å². The molecule has 0 atom stereocenters. The number of hydrogen-bond donors (Lipinski definition) is 0. The number of rotatable bonds is 10. The monoisotopic (exact) mass is 681 g/mol. The van der Waals surface area contributed by atoms with Crippen LogP contribution >= 0.6 is 0 Å². The van der Waals surface area contributed by atoms with Gasteiger partial charge in [0.25, 0.3) is 0 Å². The van der Waals surface area contributed by atoms with Crippen molar-refractivity contribution in [1.82, 2.24) is 0 Å². The van der Waals surface area contributed by atoms with E-state index in [-0.39, 0.29) is 0 Å². The minimum atomic E-state index is 0.927. The van der Waals surface area contributed by atoms with E-state index < -0.39 is 0 Å². The Labute approximate surface area is 314 Å². The average molecular weight is 682 g/mol. The van der Waals surface area contributed by atoms with Gasteiger partial charge >= 0.3 is 0 Å². The highest BCUT2D eigenvalue weighted by Gasteiger charge is 2.19. The molecule has 1 heteroatoms. The first-order chi connectivity index (χ1) is 26.2. The molecule has 0 heterocycles. The molecule has 0 aliphatic heterocycles. The van der Waals surface area contributed by atoms with E-state index in [9.17, 15) is 0 Å². The molecule has 0 bridgehead atoms. The van der Waals surface area contributed by atoms with Crippen molar-refractivity contribution >= 4 is 17.1 Å². The van der Waals surface area contributed by atoms with Crippen molar-refractivity contribution < 1.29 is 0 Å². The minimum absolute atomic E-state index is 0.927.